The maximum atomic E-state index is 13.2. The van der Waals surface area contributed by atoms with E-state index in [1.165, 1.54) is 0 Å². The zero-order valence-electron chi connectivity index (χ0n) is 21.8. The summed E-state index contributed by atoms with van der Waals surface area (Å²) in [6.07, 6.45) is 7.55. The largest absolute Gasteiger partial charge is 0.444 e. The van der Waals surface area contributed by atoms with Gasteiger partial charge in [-0.1, -0.05) is 24.3 Å². The van der Waals surface area contributed by atoms with Crippen LogP contribution in [-0.4, -0.2) is 53.3 Å². The second-order valence-corrected chi connectivity index (χ2v) is 12.4. The lowest BCUT2D eigenvalue weighted by Crippen LogP contribution is -2.44. The van der Waals surface area contributed by atoms with E-state index in [0.717, 1.165) is 11.1 Å². The highest BCUT2D eigenvalue weighted by molar-refractivity contribution is 7.92. The van der Waals surface area contributed by atoms with Crippen LogP contribution < -0.4 is 11.1 Å². The number of piperidine rings is 1. The molecule has 0 aliphatic carbocycles. The van der Waals surface area contributed by atoms with Crippen LogP contribution in [0.2, 0.25) is 0 Å². The lowest BCUT2D eigenvalue weighted by atomic mass is 10.1. The number of nitrogens with one attached hydrogen (secondary N) is 1. The number of sulfone groups is 1. The fourth-order valence-electron chi connectivity index (χ4n) is 4.07. The monoisotopic (exact) mass is 535 g/mol. The highest BCUT2D eigenvalue weighted by Crippen LogP contribution is 2.27. The van der Waals surface area contributed by atoms with Crippen molar-refractivity contribution in [3.63, 3.8) is 0 Å². The molecule has 200 valence electrons. The molecule has 1 amide bonds. The van der Waals surface area contributed by atoms with Crippen molar-refractivity contribution in [2.45, 2.75) is 49.4 Å². The molecule has 0 unspecified atom stereocenters. The molecular weight excluding hydrogens is 502 g/mol. The van der Waals surface area contributed by atoms with Crippen LogP contribution in [0.15, 0.2) is 65.8 Å². The minimum absolute atomic E-state index is 0.252. The number of carbonyl (C=O) groups is 1. The van der Waals surface area contributed by atoms with E-state index in [1.807, 2.05) is 57.2 Å². The van der Waals surface area contributed by atoms with E-state index in [0.29, 0.717) is 43.3 Å². The summed E-state index contributed by atoms with van der Waals surface area (Å²) in [4.78, 5) is 22.8. The summed E-state index contributed by atoms with van der Waals surface area (Å²) in [5, 5.41) is 2.55. The van der Waals surface area contributed by atoms with Crippen LogP contribution in [0.25, 0.3) is 12.2 Å². The van der Waals surface area contributed by atoms with Crippen molar-refractivity contribution in [3.8, 4) is 0 Å². The standard InChI is InChI=1S/C28H33N5O4S/c1-28(2,3)37-27(34)33-15-13-25(14-16-33)38(35,36)24-11-9-23(10-12-24)32-26-30-18-21(19-31-26)8-7-20-5-4-6-22(29)17-20/h4-12,17-19,25H,13-16,29H2,1-3H3,(H,30,31,32)/b8-7+. The zero-order chi connectivity index (χ0) is 27.3. The van der Waals surface area contributed by atoms with Crippen LogP contribution in [-0.2, 0) is 14.6 Å². The van der Waals surface area contributed by atoms with Crippen molar-refractivity contribution >= 4 is 45.4 Å². The van der Waals surface area contributed by atoms with E-state index in [9.17, 15) is 13.2 Å². The second kappa shape index (κ2) is 11.2. The molecule has 10 heteroatoms. The van der Waals surface area contributed by atoms with Crippen molar-refractivity contribution in [2.75, 3.05) is 24.1 Å². The van der Waals surface area contributed by atoms with Crippen molar-refractivity contribution in [1.29, 1.82) is 0 Å². The minimum Gasteiger partial charge on any atom is -0.444 e. The number of likely N-dealkylation sites (tertiary alicyclic amines) is 1. The number of rotatable bonds is 6. The minimum atomic E-state index is -3.53. The molecule has 2 aromatic carbocycles. The Morgan fingerprint density at radius 2 is 1.66 bits per heavy atom. The molecule has 38 heavy (non-hydrogen) atoms. The Hall–Kier alpha value is -3.92. The van der Waals surface area contributed by atoms with Gasteiger partial charge in [-0.3, -0.25) is 0 Å². The number of benzene rings is 2. The maximum absolute atomic E-state index is 13.2. The number of nitrogen functional groups attached to an aromatic ring is 1. The van der Waals surface area contributed by atoms with Gasteiger partial charge in [-0.05, 0) is 75.6 Å². The Labute approximate surface area is 223 Å². The highest BCUT2D eigenvalue weighted by Gasteiger charge is 2.34. The van der Waals surface area contributed by atoms with Gasteiger partial charge in [-0.15, -0.1) is 0 Å². The molecule has 0 bridgehead atoms. The van der Waals surface area contributed by atoms with Crippen LogP contribution in [0.1, 0.15) is 44.7 Å². The number of carbonyl (C=O) groups excluding carboxylic acids is 1. The molecule has 3 aromatic rings. The molecule has 4 rings (SSSR count). The van der Waals surface area contributed by atoms with E-state index >= 15 is 0 Å². The summed E-state index contributed by atoms with van der Waals surface area (Å²) < 4.78 is 31.8. The predicted octanol–water partition coefficient (Wildman–Crippen LogP) is 5.15. The zero-order valence-corrected chi connectivity index (χ0v) is 22.6. The fourth-order valence-corrected chi connectivity index (χ4v) is 5.80. The van der Waals surface area contributed by atoms with Crippen molar-refractivity contribution in [3.05, 3.63) is 72.1 Å². The third-order valence-electron chi connectivity index (χ3n) is 6.02. The van der Waals surface area contributed by atoms with Crippen molar-refractivity contribution < 1.29 is 17.9 Å². The topological polar surface area (TPSA) is 128 Å². The Morgan fingerprint density at radius 1 is 1.03 bits per heavy atom. The van der Waals surface area contributed by atoms with Gasteiger partial charge < -0.3 is 20.7 Å². The Kier molecular flexibility index (Phi) is 8.01. The normalized spacial score (nSPS) is 15.0. The lowest BCUT2D eigenvalue weighted by Gasteiger charge is -2.33. The third-order valence-corrected chi connectivity index (χ3v) is 8.30. The van der Waals surface area contributed by atoms with Crippen LogP contribution in [0.4, 0.5) is 22.1 Å². The number of hydrogen-bond donors (Lipinski definition) is 2. The molecule has 1 aliphatic heterocycles. The van der Waals surface area contributed by atoms with Crippen LogP contribution in [0.5, 0.6) is 0 Å². The summed E-state index contributed by atoms with van der Waals surface area (Å²) in [7, 11) is -3.53. The Balaban J connectivity index is 1.33. The maximum Gasteiger partial charge on any atom is 0.410 e. The smallest absolute Gasteiger partial charge is 0.410 e. The average molecular weight is 536 g/mol. The van der Waals surface area contributed by atoms with Crippen molar-refractivity contribution in [1.82, 2.24) is 14.9 Å². The van der Waals surface area contributed by atoms with Gasteiger partial charge in [0.15, 0.2) is 9.84 Å². The number of anilines is 3. The molecule has 0 atom stereocenters. The molecule has 1 saturated heterocycles. The average Bonchev–Trinajstić information content (AvgIpc) is 2.88. The molecule has 1 fully saturated rings. The number of ether oxygens (including phenoxy) is 1. The van der Waals surface area contributed by atoms with Gasteiger partial charge in [-0.25, -0.2) is 23.2 Å². The molecular formula is C28H33N5O4S. The molecule has 9 nitrogen and oxygen atoms in total. The Bertz CT molecular complexity index is 1390. The molecule has 0 spiro atoms. The first-order valence-electron chi connectivity index (χ1n) is 12.4. The number of amides is 1. The second-order valence-electron chi connectivity index (χ2n) is 10.2. The molecule has 2 heterocycles. The first-order chi connectivity index (χ1) is 18.0. The van der Waals surface area contributed by atoms with E-state index in [4.69, 9.17) is 10.5 Å². The van der Waals surface area contributed by atoms with Gasteiger partial charge in [0.05, 0.1) is 10.1 Å². The first-order valence-corrected chi connectivity index (χ1v) is 14.0. The van der Waals surface area contributed by atoms with Gasteiger partial charge in [-0.2, -0.15) is 0 Å². The summed E-state index contributed by atoms with van der Waals surface area (Å²) >= 11 is 0. The van der Waals surface area contributed by atoms with E-state index in [2.05, 4.69) is 15.3 Å². The van der Waals surface area contributed by atoms with Crippen molar-refractivity contribution in [2.24, 2.45) is 0 Å². The van der Waals surface area contributed by atoms with Gasteiger partial charge in [0, 0.05) is 42.4 Å². The van der Waals surface area contributed by atoms with Crippen LogP contribution in [0, 0.1) is 0 Å². The highest BCUT2D eigenvalue weighted by atomic mass is 32.2. The first kappa shape index (κ1) is 27.1. The van der Waals surface area contributed by atoms with Gasteiger partial charge in [0.25, 0.3) is 0 Å². The van der Waals surface area contributed by atoms with Crippen LogP contribution in [0.3, 0.4) is 0 Å². The lowest BCUT2D eigenvalue weighted by molar-refractivity contribution is 0.0217. The summed E-state index contributed by atoms with van der Waals surface area (Å²) in [5.41, 5.74) is 8.41. The number of nitrogens with two attached hydrogens (primary N) is 1. The third kappa shape index (κ3) is 7.10. The molecule has 1 aromatic heterocycles. The van der Waals surface area contributed by atoms with E-state index in [-0.39, 0.29) is 4.90 Å². The van der Waals surface area contributed by atoms with Gasteiger partial charge in [0.2, 0.25) is 5.95 Å². The molecule has 3 N–H and O–H groups in total. The van der Waals surface area contributed by atoms with E-state index in [1.54, 1.807) is 41.6 Å². The fraction of sp³-hybridized carbons (Fsp3) is 0.321. The van der Waals surface area contributed by atoms with E-state index < -0.39 is 26.8 Å². The predicted molar refractivity (Wildman–Crippen MR) is 150 cm³/mol. The summed E-state index contributed by atoms with van der Waals surface area (Å²) in [6, 6.07) is 14.1. The molecule has 1 aliphatic rings. The molecule has 0 radical (unpaired) electrons. The summed E-state index contributed by atoms with van der Waals surface area (Å²) in [5.74, 6) is 0.399. The number of aromatic nitrogens is 2. The van der Waals surface area contributed by atoms with Crippen LogP contribution >= 0.6 is 0 Å². The number of nitrogens with zero attached hydrogens (tertiary/aromatic N) is 3. The molecule has 0 saturated carbocycles. The SMILES string of the molecule is CC(C)(C)OC(=O)N1CCC(S(=O)(=O)c2ccc(Nc3ncc(/C=C/c4cccc(N)c4)cn3)cc2)CC1. The van der Waals surface area contributed by atoms with Gasteiger partial charge in [0.1, 0.15) is 5.60 Å². The quantitative estimate of drug-likeness (QED) is 0.415. The summed E-state index contributed by atoms with van der Waals surface area (Å²) in [6.45, 7) is 6.12. The van der Waals surface area contributed by atoms with Gasteiger partial charge >= 0.3 is 6.09 Å². The number of hydrogen-bond acceptors (Lipinski definition) is 8. The Morgan fingerprint density at radius 3 is 2.26 bits per heavy atom.